The summed E-state index contributed by atoms with van der Waals surface area (Å²) in [7, 11) is 3.60. The van der Waals surface area contributed by atoms with Crippen molar-refractivity contribution in [3.63, 3.8) is 0 Å². The van der Waals surface area contributed by atoms with E-state index in [2.05, 4.69) is 36.4 Å². The summed E-state index contributed by atoms with van der Waals surface area (Å²) in [6.07, 6.45) is 6.73. The molecule has 1 fully saturated rings. The van der Waals surface area contributed by atoms with Crippen molar-refractivity contribution in [3.05, 3.63) is 0 Å². The quantitative estimate of drug-likeness (QED) is 0.435. The first kappa shape index (κ1) is 20.0. The van der Waals surface area contributed by atoms with E-state index >= 15 is 0 Å². The van der Waals surface area contributed by atoms with Gasteiger partial charge in [0.15, 0.2) is 5.96 Å². The van der Waals surface area contributed by atoms with Crippen LogP contribution in [0.3, 0.4) is 0 Å². The molecule has 1 aliphatic rings. The third-order valence-electron chi connectivity index (χ3n) is 3.87. The molecule has 4 nitrogen and oxygen atoms in total. The molecule has 1 unspecified atom stereocenters. The van der Waals surface area contributed by atoms with E-state index in [0.29, 0.717) is 6.04 Å². The lowest BCUT2D eigenvalue weighted by Crippen LogP contribution is -2.48. The summed E-state index contributed by atoms with van der Waals surface area (Å²) < 4.78 is 5.55. The van der Waals surface area contributed by atoms with Crippen molar-refractivity contribution in [2.75, 3.05) is 20.7 Å². The Kier molecular flexibility index (Phi) is 9.80. The van der Waals surface area contributed by atoms with Gasteiger partial charge in [-0.1, -0.05) is 40.0 Å². The number of rotatable bonds is 4. The number of methoxy groups -OCH3 is 1. The van der Waals surface area contributed by atoms with Gasteiger partial charge in [-0.05, 0) is 18.3 Å². The summed E-state index contributed by atoms with van der Waals surface area (Å²) in [4.78, 5) is 4.31. The average Bonchev–Trinajstić information content (AvgIpc) is 2.37. The summed E-state index contributed by atoms with van der Waals surface area (Å²) >= 11 is 0. The van der Waals surface area contributed by atoms with Gasteiger partial charge in [0.2, 0.25) is 0 Å². The molecule has 0 radical (unpaired) electrons. The van der Waals surface area contributed by atoms with Crippen molar-refractivity contribution in [1.82, 2.24) is 10.6 Å². The maximum Gasteiger partial charge on any atom is 0.191 e. The zero-order valence-corrected chi connectivity index (χ0v) is 16.0. The maximum atomic E-state index is 5.55. The van der Waals surface area contributed by atoms with Gasteiger partial charge in [0, 0.05) is 26.7 Å². The second-order valence-corrected chi connectivity index (χ2v) is 6.52. The molecule has 0 aromatic rings. The van der Waals surface area contributed by atoms with Gasteiger partial charge in [-0.3, -0.25) is 4.99 Å². The highest BCUT2D eigenvalue weighted by atomic mass is 127. The number of guanidine groups is 1. The van der Waals surface area contributed by atoms with Gasteiger partial charge >= 0.3 is 0 Å². The van der Waals surface area contributed by atoms with E-state index in [0.717, 1.165) is 12.5 Å². The first-order valence-electron chi connectivity index (χ1n) is 7.47. The second-order valence-electron chi connectivity index (χ2n) is 6.52. The SMILES string of the molecule is CN=C(NCC(OC)C(C)(C)C)NC1CCCCC1.I. The lowest BCUT2D eigenvalue weighted by Gasteiger charge is -2.31. The fourth-order valence-corrected chi connectivity index (χ4v) is 2.57. The third-order valence-corrected chi connectivity index (χ3v) is 3.87. The fraction of sp³-hybridized carbons (Fsp3) is 0.933. The van der Waals surface area contributed by atoms with E-state index in [9.17, 15) is 0 Å². The van der Waals surface area contributed by atoms with Crippen LogP contribution in [0.15, 0.2) is 4.99 Å². The normalized spacial score (nSPS) is 19.1. The van der Waals surface area contributed by atoms with E-state index < -0.39 is 0 Å². The Labute approximate surface area is 141 Å². The summed E-state index contributed by atoms with van der Waals surface area (Å²) in [5, 5.41) is 6.91. The molecule has 1 rings (SSSR count). The van der Waals surface area contributed by atoms with Crippen LogP contribution in [0.5, 0.6) is 0 Å². The molecule has 0 amide bonds. The number of hydrogen-bond donors (Lipinski definition) is 2. The van der Waals surface area contributed by atoms with Crippen molar-refractivity contribution < 1.29 is 4.74 Å². The number of ether oxygens (including phenoxy) is 1. The van der Waals surface area contributed by atoms with Crippen LogP contribution in [0.4, 0.5) is 0 Å². The molecule has 1 saturated carbocycles. The summed E-state index contributed by atoms with van der Waals surface area (Å²) in [6, 6.07) is 0.579. The molecular formula is C15H32IN3O. The minimum atomic E-state index is 0. The number of nitrogens with zero attached hydrogens (tertiary/aromatic N) is 1. The van der Waals surface area contributed by atoms with Crippen molar-refractivity contribution in [2.45, 2.75) is 65.0 Å². The molecule has 1 atom stereocenters. The molecule has 0 aromatic carbocycles. The van der Waals surface area contributed by atoms with Crippen LogP contribution >= 0.6 is 24.0 Å². The Balaban J connectivity index is 0.00000361. The summed E-state index contributed by atoms with van der Waals surface area (Å²) in [5.41, 5.74) is 0.130. The molecule has 5 heteroatoms. The van der Waals surface area contributed by atoms with Gasteiger partial charge < -0.3 is 15.4 Å². The zero-order valence-electron chi connectivity index (χ0n) is 13.7. The summed E-state index contributed by atoms with van der Waals surface area (Å²) in [6.45, 7) is 7.37. The minimum Gasteiger partial charge on any atom is -0.379 e. The number of halogens is 1. The highest BCUT2D eigenvalue weighted by Gasteiger charge is 2.24. The first-order chi connectivity index (χ1) is 8.97. The molecular weight excluding hydrogens is 365 g/mol. The van der Waals surface area contributed by atoms with Gasteiger partial charge in [0.25, 0.3) is 0 Å². The van der Waals surface area contributed by atoms with Crippen LogP contribution in [-0.2, 0) is 4.74 Å². The van der Waals surface area contributed by atoms with E-state index in [1.54, 1.807) is 7.11 Å². The van der Waals surface area contributed by atoms with E-state index in [4.69, 9.17) is 4.74 Å². The Bertz CT molecular complexity index is 283. The largest absolute Gasteiger partial charge is 0.379 e. The van der Waals surface area contributed by atoms with Crippen LogP contribution in [0.25, 0.3) is 0 Å². The standard InChI is InChI=1S/C15H31N3O.HI/c1-15(2,3)13(19-5)11-17-14(16-4)18-12-9-7-6-8-10-12;/h12-13H,6-11H2,1-5H3,(H2,16,17,18);1H. The number of hydrogen-bond acceptors (Lipinski definition) is 2. The highest BCUT2D eigenvalue weighted by molar-refractivity contribution is 14.0. The fourth-order valence-electron chi connectivity index (χ4n) is 2.57. The third kappa shape index (κ3) is 7.11. The van der Waals surface area contributed by atoms with Crippen LogP contribution in [-0.4, -0.2) is 38.8 Å². The second kappa shape index (κ2) is 9.82. The van der Waals surface area contributed by atoms with Gasteiger partial charge in [-0.2, -0.15) is 0 Å². The minimum absolute atomic E-state index is 0. The lowest BCUT2D eigenvalue weighted by atomic mass is 9.89. The Morgan fingerprint density at radius 2 is 1.85 bits per heavy atom. The number of aliphatic imine (C=N–C) groups is 1. The van der Waals surface area contributed by atoms with Gasteiger partial charge in [-0.25, -0.2) is 0 Å². The van der Waals surface area contributed by atoms with Gasteiger partial charge in [0.05, 0.1) is 6.10 Å². The van der Waals surface area contributed by atoms with Crippen LogP contribution in [0, 0.1) is 5.41 Å². The molecule has 0 bridgehead atoms. The van der Waals surface area contributed by atoms with Crippen molar-refractivity contribution in [2.24, 2.45) is 10.4 Å². The molecule has 20 heavy (non-hydrogen) atoms. The molecule has 0 spiro atoms. The molecule has 0 heterocycles. The van der Waals surface area contributed by atoms with Crippen molar-refractivity contribution in [3.8, 4) is 0 Å². The molecule has 0 aromatic heterocycles. The van der Waals surface area contributed by atoms with Gasteiger partial charge in [-0.15, -0.1) is 24.0 Å². The predicted octanol–water partition coefficient (Wildman–Crippen LogP) is 3.16. The molecule has 0 saturated heterocycles. The Morgan fingerprint density at radius 3 is 2.30 bits per heavy atom. The first-order valence-corrected chi connectivity index (χ1v) is 7.47. The monoisotopic (exact) mass is 397 g/mol. The summed E-state index contributed by atoms with van der Waals surface area (Å²) in [5.74, 6) is 0.901. The Morgan fingerprint density at radius 1 is 1.25 bits per heavy atom. The number of nitrogens with one attached hydrogen (secondary N) is 2. The Hall–Kier alpha value is -0.0400. The molecule has 0 aliphatic heterocycles. The zero-order chi connectivity index (χ0) is 14.3. The van der Waals surface area contributed by atoms with E-state index in [1.807, 2.05) is 7.05 Å². The van der Waals surface area contributed by atoms with Gasteiger partial charge in [0.1, 0.15) is 0 Å². The lowest BCUT2D eigenvalue weighted by molar-refractivity contribution is 0.0205. The highest BCUT2D eigenvalue weighted by Crippen LogP contribution is 2.21. The maximum absolute atomic E-state index is 5.55. The topological polar surface area (TPSA) is 45.7 Å². The van der Waals surface area contributed by atoms with Crippen molar-refractivity contribution in [1.29, 1.82) is 0 Å². The van der Waals surface area contributed by atoms with E-state index in [1.165, 1.54) is 32.1 Å². The molecule has 1 aliphatic carbocycles. The molecule has 120 valence electrons. The van der Waals surface area contributed by atoms with Crippen LogP contribution < -0.4 is 10.6 Å². The van der Waals surface area contributed by atoms with Crippen LogP contribution in [0.2, 0.25) is 0 Å². The van der Waals surface area contributed by atoms with Crippen LogP contribution in [0.1, 0.15) is 52.9 Å². The smallest absolute Gasteiger partial charge is 0.191 e. The van der Waals surface area contributed by atoms with Crippen molar-refractivity contribution >= 4 is 29.9 Å². The predicted molar refractivity (Wildman–Crippen MR) is 97.0 cm³/mol. The van der Waals surface area contributed by atoms with E-state index in [-0.39, 0.29) is 35.5 Å². The molecule has 2 N–H and O–H groups in total. The average molecular weight is 397 g/mol.